The summed E-state index contributed by atoms with van der Waals surface area (Å²) in [7, 11) is 0. The lowest BCUT2D eigenvalue weighted by Gasteiger charge is -2.21. The first-order valence-corrected chi connectivity index (χ1v) is 9.86. The standard InChI is InChI=1S/C22H18N6O2/c29-22(15-3-1-4-16(9-15)27-10-19(23-11-27)14-7-8-14)25-18-6-2-5-17-20(18)30-13-28-12-24-26-21(17)28/h1-6,9-12,14H,7-8,13H2,(H,25,29). The summed E-state index contributed by atoms with van der Waals surface area (Å²) in [6.45, 7) is 0.307. The molecule has 1 aliphatic carbocycles. The van der Waals surface area contributed by atoms with E-state index in [9.17, 15) is 4.79 Å². The normalized spacial score (nSPS) is 14.5. The highest BCUT2D eigenvalue weighted by Gasteiger charge is 2.26. The van der Waals surface area contributed by atoms with Gasteiger partial charge in [-0.25, -0.2) is 4.98 Å². The van der Waals surface area contributed by atoms with Gasteiger partial charge in [-0.3, -0.25) is 9.36 Å². The number of imidazole rings is 1. The van der Waals surface area contributed by atoms with Crippen molar-refractivity contribution in [2.45, 2.75) is 25.5 Å². The minimum atomic E-state index is -0.205. The molecule has 0 spiro atoms. The molecule has 6 rings (SSSR count). The minimum absolute atomic E-state index is 0.205. The molecule has 2 aromatic heterocycles. The molecule has 0 radical (unpaired) electrons. The maximum Gasteiger partial charge on any atom is 0.255 e. The second-order valence-corrected chi connectivity index (χ2v) is 7.56. The lowest BCUT2D eigenvalue weighted by molar-refractivity contribution is 0.102. The zero-order chi connectivity index (χ0) is 20.1. The van der Waals surface area contributed by atoms with Gasteiger partial charge in [0, 0.05) is 23.4 Å². The zero-order valence-corrected chi connectivity index (χ0v) is 16.0. The summed E-state index contributed by atoms with van der Waals surface area (Å²) >= 11 is 0. The fourth-order valence-corrected chi connectivity index (χ4v) is 3.73. The van der Waals surface area contributed by atoms with Gasteiger partial charge in [-0.15, -0.1) is 10.2 Å². The number of nitrogens with zero attached hydrogens (tertiary/aromatic N) is 5. The molecular formula is C22H18N6O2. The molecule has 0 bridgehead atoms. The Morgan fingerprint density at radius 3 is 2.93 bits per heavy atom. The number of aromatic nitrogens is 5. The van der Waals surface area contributed by atoms with Gasteiger partial charge in [0.1, 0.15) is 6.33 Å². The van der Waals surface area contributed by atoms with Crippen LogP contribution in [-0.2, 0) is 6.73 Å². The van der Waals surface area contributed by atoms with E-state index in [1.165, 1.54) is 12.8 Å². The van der Waals surface area contributed by atoms with Gasteiger partial charge in [0.05, 0.1) is 23.3 Å². The van der Waals surface area contributed by atoms with Crippen LogP contribution in [0.4, 0.5) is 5.69 Å². The van der Waals surface area contributed by atoms with Crippen molar-refractivity contribution in [2.75, 3.05) is 5.32 Å². The molecule has 1 saturated carbocycles. The monoisotopic (exact) mass is 398 g/mol. The first-order valence-electron chi connectivity index (χ1n) is 9.86. The second kappa shape index (κ2) is 6.55. The maximum absolute atomic E-state index is 13.0. The molecule has 3 heterocycles. The summed E-state index contributed by atoms with van der Waals surface area (Å²) in [5.74, 6) is 1.71. The van der Waals surface area contributed by atoms with Crippen LogP contribution in [0.3, 0.4) is 0 Å². The Bertz CT molecular complexity index is 1270. The quantitative estimate of drug-likeness (QED) is 0.567. The lowest BCUT2D eigenvalue weighted by Crippen LogP contribution is -2.17. The predicted molar refractivity (Wildman–Crippen MR) is 110 cm³/mol. The zero-order valence-electron chi connectivity index (χ0n) is 16.0. The molecule has 0 atom stereocenters. The number of para-hydroxylation sites is 1. The number of carbonyl (C=O) groups excluding carboxylic acids is 1. The molecule has 148 valence electrons. The lowest BCUT2D eigenvalue weighted by atomic mass is 10.1. The molecule has 8 heteroatoms. The van der Waals surface area contributed by atoms with Crippen LogP contribution >= 0.6 is 0 Å². The highest BCUT2D eigenvalue weighted by molar-refractivity contribution is 6.06. The molecule has 1 fully saturated rings. The third-order valence-electron chi connectivity index (χ3n) is 5.47. The second-order valence-electron chi connectivity index (χ2n) is 7.56. The highest BCUT2D eigenvalue weighted by Crippen LogP contribution is 2.40. The van der Waals surface area contributed by atoms with Crippen LogP contribution in [0, 0.1) is 0 Å². The molecule has 2 aromatic carbocycles. The van der Waals surface area contributed by atoms with Gasteiger partial charge in [0.2, 0.25) is 0 Å². The van der Waals surface area contributed by atoms with Crippen LogP contribution in [0.1, 0.15) is 34.8 Å². The van der Waals surface area contributed by atoms with E-state index < -0.39 is 0 Å². The summed E-state index contributed by atoms with van der Waals surface area (Å²) in [4.78, 5) is 17.5. The van der Waals surface area contributed by atoms with E-state index in [1.54, 1.807) is 12.4 Å². The van der Waals surface area contributed by atoms with E-state index in [1.807, 2.05) is 58.1 Å². The fraction of sp³-hybridized carbons (Fsp3) is 0.182. The highest BCUT2D eigenvalue weighted by atomic mass is 16.5. The molecule has 0 saturated heterocycles. The fourth-order valence-electron chi connectivity index (χ4n) is 3.73. The number of rotatable bonds is 4. The number of anilines is 1. The number of benzene rings is 2. The van der Waals surface area contributed by atoms with Crippen molar-refractivity contribution in [3.8, 4) is 22.8 Å². The van der Waals surface area contributed by atoms with E-state index in [0.29, 0.717) is 29.6 Å². The van der Waals surface area contributed by atoms with Crippen molar-refractivity contribution in [1.29, 1.82) is 0 Å². The van der Waals surface area contributed by atoms with Crippen LogP contribution in [-0.4, -0.2) is 30.2 Å². The number of hydrogen-bond donors (Lipinski definition) is 1. The van der Waals surface area contributed by atoms with Crippen molar-refractivity contribution in [1.82, 2.24) is 24.3 Å². The van der Waals surface area contributed by atoms with Crippen LogP contribution in [0.2, 0.25) is 0 Å². The third-order valence-corrected chi connectivity index (χ3v) is 5.47. The minimum Gasteiger partial charge on any atom is -0.470 e. The number of hydrogen-bond acceptors (Lipinski definition) is 5. The van der Waals surface area contributed by atoms with Gasteiger partial charge >= 0.3 is 0 Å². The molecular weight excluding hydrogens is 380 g/mol. The summed E-state index contributed by atoms with van der Waals surface area (Å²) in [6.07, 6.45) is 7.90. The Kier molecular flexibility index (Phi) is 3.70. The first-order chi connectivity index (χ1) is 14.8. The SMILES string of the molecule is O=C(Nc1cccc2c1OCn1cnnc1-2)c1cccc(-n2cnc(C3CC3)c2)c1. The molecule has 4 aromatic rings. The number of fused-ring (bicyclic) bond motifs is 3. The van der Waals surface area contributed by atoms with Crippen LogP contribution in [0.25, 0.3) is 17.1 Å². The van der Waals surface area contributed by atoms with Crippen molar-refractivity contribution >= 4 is 11.6 Å². The molecule has 2 aliphatic rings. The van der Waals surface area contributed by atoms with Crippen molar-refractivity contribution < 1.29 is 9.53 Å². The summed E-state index contributed by atoms with van der Waals surface area (Å²) < 4.78 is 9.64. The smallest absolute Gasteiger partial charge is 0.255 e. The number of ether oxygens (including phenoxy) is 1. The maximum atomic E-state index is 13.0. The van der Waals surface area contributed by atoms with Crippen molar-refractivity contribution in [2.24, 2.45) is 0 Å². The summed E-state index contributed by atoms with van der Waals surface area (Å²) in [6, 6.07) is 13.1. The molecule has 30 heavy (non-hydrogen) atoms. The number of amides is 1. The number of carbonyl (C=O) groups is 1. The Morgan fingerprint density at radius 1 is 1.13 bits per heavy atom. The van der Waals surface area contributed by atoms with E-state index in [0.717, 1.165) is 22.8 Å². The molecule has 1 amide bonds. The van der Waals surface area contributed by atoms with Crippen LogP contribution in [0.15, 0.2) is 61.3 Å². The van der Waals surface area contributed by atoms with Gasteiger partial charge in [0.25, 0.3) is 5.91 Å². The Balaban J connectivity index is 1.28. The van der Waals surface area contributed by atoms with Gasteiger partial charge in [-0.2, -0.15) is 0 Å². The Labute approximate surface area is 172 Å². The van der Waals surface area contributed by atoms with Crippen molar-refractivity contribution in [3.05, 3.63) is 72.6 Å². The average molecular weight is 398 g/mol. The predicted octanol–water partition coefficient (Wildman–Crippen LogP) is 3.61. The van der Waals surface area contributed by atoms with Gasteiger partial charge in [-0.1, -0.05) is 12.1 Å². The molecule has 0 unspecified atom stereocenters. The molecule has 8 nitrogen and oxygen atoms in total. The average Bonchev–Trinajstić information content (AvgIpc) is 3.31. The molecule has 1 aliphatic heterocycles. The third kappa shape index (κ3) is 2.85. The Hall–Kier alpha value is -3.94. The van der Waals surface area contributed by atoms with Crippen LogP contribution in [0.5, 0.6) is 5.75 Å². The van der Waals surface area contributed by atoms with Gasteiger partial charge < -0.3 is 14.6 Å². The first kappa shape index (κ1) is 17.0. The van der Waals surface area contributed by atoms with E-state index in [2.05, 4.69) is 20.5 Å². The summed E-state index contributed by atoms with van der Waals surface area (Å²) in [5.41, 5.74) is 3.99. The van der Waals surface area contributed by atoms with E-state index >= 15 is 0 Å². The summed E-state index contributed by atoms with van der Waals surface area (Å²) in [5, 5.41) is 11.1. The van der Waals surface area contributed by atoms with E-state index in [-0.39, 0.29) is 5.91 Å². The largest absolute Gasteiger partial charge is 0.470 e. The van der Waals surface area contributed by atoms with Crippen LogP contribution < -0.4 is 10.1 Å². The molecule has 1 N–H and O–H groups in total. The Morgan fingerprint density at radius 2 is 2.03 bits per heavy atom. The number of nitrogens with one attached hydrogen (secondary N) is 1. The van der Waals surface area contributed by atoms with Crippen molar-refractivity contribution in [3.63, 3.8) is 0 Å². The van der Waals surface area contributed by atoms with Gasteiger partial charge in [0.15, 0.2) is 18.3 Å². The topological polar surface area (TPSA) is 86.9 Å². The van der Waals surface area contributed by atoms with Gasteiger partial charge in [-0.05, 0) is 43.2 Å². The van der Waals surface area contributed by atoms with E-state index in [4.69, 9.17) is 4.74 Å².